The summed E-state index contributed by atoms with van der Waals surface area (Å²) < 4.78 is 65.2. The second-order valence-electron chi connectivity index (χ2n) is 6.12. The first-order valence-corrected chi connectivity index (χ1v) is 10.6. The van der Waals surface area contributed by atoms with Crippen LogP contribution in [0.25, 0.3) is 0 Å². The van der Waals surface area contributed by atoms with Gasteiger partial charge in [0.1, 0.15) is 5.75 Å². The van der Waals surface area contributed by atoms with E-state index in [1.807, 2.05) is 0 Å². The molecule has 1 aromatic carbocycles. The molecule has 0 aromatic heterocycles. The third kappa shape index (κ3) is 7.58. The zero-order chi connectivity index (χ0) is 21.4. The van der Waals surface area contributed by atoms with Gasteiger partial charge >= 0.3 is 6.61 Å². The summed E-state index contributed by atoms with van der Waals surface area (Å²) >= 11 is 0. The van der Waals surface area contributed by atoms with Crippen molar-refractivity contribution in [3.05, 3.63) is 17.7 Å². The number of rotatable bonds is 10. The number of sulfonamides is 1. The van der Waals surface area contributed by atoms with Gasteiger partial charge in [-0.1, -0.05) is 0 Å². The minimum absolute atomic E-state index is 0. The Labute approximate surface area is 192 Å². The number of fused-ring (bicyclic) bond motifs is 1. The molecule has 0 bridgehead atoms. The zero-order valence-electron chi connectivity index (χ0n) is 17.0. The Kier molecular flexibility index (Phi) is 10.8. The summed E-state index contributed by atoms with van der Waals surface area (Å²) in [7, 11) is -0.102. The molecule has 2 N–H and O–H groups in total. The first-order valence-electron chi connectivity index (χ1n) is 9.02. The molecule has 0 saturated heterocycles. The Morgan fingerprint density at radius 3 is 2.57 bits per heavy atom. The van der Waals surface area contributed by atoms with Crippen LogP contribution in [0.1, 0.15) is 18.9 Å². The van der Waals surface area contributed by atoms with Crippen LogP contribution in [0, 0.1) is 0 Å². The Hall–Kier alpha value is -1.61. The normalized spacial score (nSPS) is 13.4. The number of ether oxygens (including phenoxy) is 3. The second kappa shape index (κ2) is 12.3. The van der Waals surface area contributed by atoms with Crippen molar-refractivity contribution in [2.75, 3.05) is 39.7 Å². The first-order chi connectivity index (χ1) is 13.8. The van der Waals surface area contributed by atoms with Crippen molar-refractivity contribution >= 4 is 40.0 Å². The van der Waals surface area contributed by atoms with E-state index in [1.54, 1.807) is 20.0 Å². The van der Waals surface area contributed by atoms with E-state index in [2.05, 4.69) is 20.4 Å². The van der Waals surface area contributed by atoms with Crippen molar-refractivity contribution in [2.45, 2.75) is 26.5 Å². The molecule has 1 aromatic rings. The van der Waals surface area contributed by atoms with Gasteiger partial charge in [-0.2, -0.15) is 8.78 Å². The van der Waals surface area contributed by atoms with E-state index < -0.39 is 16.6 Å². The number of aliphatic imine (C=N–C) groups is 1. The van der Waals surface area contributed by atoms with Crippen LogP contribution in [0.3, 0.4) is 0 Å². The van der Waals surface area contributed by atoms with Crippen LogP contribution in [0.15, 0.2) is 17.1 Å². The molecule has 0 fully saturated rings. The molecule has 0 saturated carbocycles. The van der Waals surface area contributed by atoms with Crippen molar-refractivity contribution in [1.29, 1.82) is 0 Å². The van der Waals surface area contributed by atoms with E-state index in [0.29, 0.717) is 42.5 Å². The molecule has 2 rings (SSSR count). The maximum atomic E-state index is 12.7. The molecular formula is C17H27F2IN4O5S. The lowest BCUT2D eigenvalue weighted by molar-refractivity contribution is -0.0505. The molecule has 0 radical (unpaired) electrons. The summed E-state index contributed by atoms with van der Waals surface area (Å²) in [4.78, 5) is 4.07. The van der Waals surface area contributed by atoms with E-state index in [0.717, 1.165) is 0 Å². The van der Waals surface area contributed by atoms with Crippen molar-refractivity contribution in [3.8, 4) is 17.2 Å². The highest BCUT2D eigenvalue weighted by atomic mass is 127. The van der Waals surface area contributed by atoms with Gasteiger partial charge in [0.15, 0.2) is 17.5 Å². The summed E-state index contributed by atoms with van der Waals surface area (Å²) in [5.74, 6) is 1.27. The topological polar surface area (TPSA) is 101 Å². The molecule has 13 heteroatoms. The fourth-order valence-corrected chi connectivity index (χ4v) is 3.42. The van der Waals surface area contributed by atoms with Gasteiger partial charge in [-0.3, -0.25) is 4.99 Å². The predicted octanol–water partition coefficient (Wildman–Crippen LogP) is 1.97. The quantitative estimate of drug-likeness (QED) is 0.194. The fraction of sp³-hybridized carbons (Fsp3) is 0.588. The summed E-state index contributed by atoms with van der Waals surface area (Å²) in [5.41, 5.74) is 0.450. The largest absolute Gasteiger partial charge is 0.454 e. The van der Waals surface area contributed by atoms with Gasteiger partial charge in [-0.15, -0.1) is 24.0 Å². The van der Waals surface area contributed by atoms with Crippen LogP contribution < -0.4 is 24.8 Å². The molecule has 1 aliphatic rings. The van der Waals surface area contributed by atoms with E-state index >= 15 is 0 Å². The third-order valence-corrected chi connectivity index (χ3v) is 6.09. The Morgan fingerprint density at radius 1 is 1.30 bits per heavy atom. The minimum atomic E-state index is -3.21. The lowest BCUT2D eigenvalue weighted by Crippen LogP contribution is -2.38. The number of halogens is 3. The average Bonchev–Trinajstić information content (AvgIpc) is 3.13. The minimum Gasteiger partial charge on any atom is -0.454 e. The molecule has 0 atom stereocenters. The molecule has 0 spiro atoms. The highest BCUT2D eigenvalue weighted by molar-refractivity contribution is 14.0. The number of nitrogens with one attached hydrogen (secondary N) is 2. The number of nitrogens with zero attached hydrogens (tertiary/aromatic N) is 2. The van der Waals surface area contributed by atoms with Crippen LogP contribution >= 0.6 is 24.0 Å². The van der Waals surface area contributed by atoms with Crippen LogP contribution in [-0.2, 0) is 16.6 Å². The standard InChI is InChI=1S/C17H26F2N4O5S.HI/c1-4-29(24,25)23(3)7-5-6-21-17(20-2)22-10-12-8-14-15(27-11-26-14)9-13(12)28-16(18)19;/h8-9,16H,4-7,10-11H2,1-3H3,(H2,20,21,22);1H. The number of hydrogen-bond donors (Lipinski definition) is 2. The molecule has 30 heavy (non-hydrogen) atoms. The Balaban J connectivity index is 0.00000450. The van der Waals surface area contributed by atoms with E-state index in [4.69, 9.17) is 9.47 Å². The van der Waals surface area contributed by atoms with Crippen molar-refractivity contribution < 1.29 is 31.4 Å². The molecule has 1 aliphatic heterocycles. The maximum Gasteiger partial charge on any atom is 0.387 e. The van der Waals surface area contributed by atoms with Gasteiger partial charge in [0, 0.05) is 45.4 Å². The highest BCUT2D eigenvalue weighted by Gasteiger charge is 2.20. The summed E-state index contributed by atoms with van der Waals surface area (Å²) in [6, 6.07) is 2.94. The van der Waals surface area contributed by atoms with Crippen molar-refractivity contribution in [2.24, 2.45) is 4.99 Å². The smallest absolute Gasteiger partial charge is 0.387 e. The van der Waals surface area contributed by atoms with Gasteiger partial charge in [-0.25, -0.2) is 12.7 Å². The van der Waals surface area contributed by atoms with Crippen molar-refractivity contribution in [3.63, 3.8) is 0 Å². The SMILES string of the molecule is CCS(=O)(=O)N(C)CCCNC(=NC)NCc1cc2c(cc1OC(F)F)OCO2.I. The molecule has 9 nitrogen and oxygen atoms in total. The molecule has 0 unspecified atom stereocenters. The lowest BCUT2D eigenvalue weighted by Gasteiger charge is -2.17. The van der Waals surface area contributed by atoms with Crippen LogP contribution in [0.2, 0.25) is 0 Å². The Bertz CT molecular complexity index is 827. The number of hydrogen-bond acceptors (Lipinski definition) is 6. The molecule has 0 amide bonds. The molecule has 0 aliphatic carbocycles. The van der Waals surface area contributed by atoms with Gasteiger partial charge in [-0.05, 0) is 19.4 Å². The monoisotopic (exact) mass is 564 g/mol. The van der Waals surface area contributed by atoms with E-state index in [9.17, 15) is 17.2 Å². The predicted molar refractivity (Wildman–Crippen MR) is 120 cm³/mol. The number of alkyl halides is 2. The highest BCUT2D eigenvalue weighted by Crippen LogP contribution is 2.38. The zero-order valence-corrected chi connectivity index (χ0v) is 20.1. The average molecular weight is 564 g/mol. The fourth-order valence-electron chi connectivity index (χ4n) is 2.58. The molecule has 1 heterocycles. The van der Waals surface area contributed by atoms with Gasteiger partial charge < -0.3 is 24.8 Å². The number of benzene rings is 1. The summed E-state index contributed by atoms with van der Waals surface area (Å²) in [5, 5.41) is 6.06. The Morgan fingerprint density at radius 2 is 1.97 bits per heavy atom. The van der Waals surface area contributed by atoms with Crippen molar-refractivity contribution in [1.82, 2.24) is 14.9 Å². The van der Waals surface area contributed by atoms with Gasteiger partial charge in [0.25, 0.3) is 0 Å². The number of guanidine groups is 1. The van der Waals surface area contributed by atoms with Crippen LogP contribution in [-0.4, -0.2) is 65.0 Å². The maximum absolute atomic E-state index is 12.7. The summed E-state index contributed by atoms with van der Waals surface area (Å²) in [6.07, 6.45) is 0.570. The van der Waals surface area contributed by atoms with Gasteiger partial charge in [0.2, 0.25) is 16.8 Å². The lowest BCUT2D eigenvalue weighted by atomic mass is 10.1. The van der Waals surface area contributed by atoms with Crippen LogP contribution in [0.5, 0.6) is 17.2 Å². The molecule has 172 valence electrons. The van der Waals surface area contributed by atoms with Gasteiger partial charge in [0.05, 0.1) is 5.75 Å². The molecular weight excluding hydrogens is 537 g/mol. The first kappa shape index (κ1) is 26.4. The second-order valence-corrected chi connectivity index (χ2v) is 8.48. The van der Waals surface area contributed by atoms with E-state index in [1.165, 1.54) is 17.4 Å². The summed E-state index contributed by atoms with van der Waals surface area (Å²) in [6.45, 7) is -0.353. The van der Waals surface area contributed by atoms with E-state index in [-0.39, 0.29) is 48.8 Å². The van der Waals surface area contributed by atoms with Crippen LogP contribution in [0.4, 0.5) is 8.78 Å². The third-order valence-electron chi connectivity index (χ3n) is 4.22.